The SMILES string of the molecule is CC12CCC(O)C[C@@H]1CCC1C2CCC2(C)C1CC[C@@H]2C(=O)CO. The number of aliphatic hydroxyl groups is 2. The number of aliphatic hydroxyl groups excluding tert-OH is 2. The number of carbonyl (C=O) groups excluding carboxylic acids is 1. The summed E-state index contributed by atoms with van der Waals surface area (Å²) in [5, 5.41) is 19.5. The highest BCUT2D eigenvalue weighted by atomic mass is 16.3. The smallest absolute Gasteiger partial charge is 0.161 e. The third kappa shape index (κ3) is 2.26. The average Bonchev–Trinajstić information content (AvgIpc) is 2.92. The van der Waals surface area contributed by atoms with Crippen LogP contribution in [0, 0.1) is 40.4 Å². The van der Waals surface area contributed by atoms with Crippen molar-refractivity contribution in [3.63, 3.8) is 0 Å². The summed E-state index contributed by atoms with van der Waals surface area (Å²) >= 11 is 0. The van der Waals surface area contributed by atoms with Gasteiger partial charge in [-0.15, -0.1) is 0 Å². The number of hydrogen-bond acceptors (Lipinski definition) is 3. The molecule has 3 nitrogen and oxygen atoms in total. The lowest BCUT2D eigenvalue weighted by atomic mass is 9.44. The maximum atomic E-state index is 12.3. The number of ketones is 1. The van der Waals surface area contributed by atoms with Crippen molar-refractivity contribution < 1.29 is 15.0 Å². The molecule has 4 aliphatic carbocycles. The number of rotatable bonds is 2. The molecule has 24 heavy (non-hydrogen) atoms. The molecule has 0 aromatic heterocycles. The van der Waals surface area contributed by atoms with Crippen LogP contribution in [0.25, 0.3) is 0 Å². The van der Waals surface area contributed by atoms with Crippen LogP contribution in [0.3, 0.4) is 0 Å². The van der Waals surface area contributed by atoms with Crippen molar-refractivity contribution in [1.82, 2.24) is 0 Å². The molecular formula is C21H34O3. The van der Waals surface area contributed by atoms with Crippen molar-refractivity contribution in [2.45, 2.75) is 77.7 Å². The fourth-order valence-electron chi connectivity index (χ4n) is 7.87. The molecule has 3 heteroatoms. The van der Waals surface area contributed by atoms with E-state index < -0.39 is 0 Å². The quantitative estimate of drug-likeness (QED) is 0.812. The zero-order valence-electron chi connectivity index (χ0n) is 15.3. The Morgan fingerprint density at radius 2 is 1.67 bits per heavy atom. The Morgan fingerprint density at radius 1 is 0.958 bits per heavy atom. The summed E-state index contributed by atoms with van der Waals surface area (Å²) in [6.07, 6.45) is 10.2. The van der Waals surface area contributed by atoms with Crippen LogP contribution in [-0.2, 0) is 4.79 Å². The Labute approximate surface area is 146 Å². The van der Waals surface area contributed by atoms with E-state index in [1.807, 2.05) is 0 Å². The van der Waals surface area contributed by atoms with E-state index >= 15 is 0 Å². The number of hydrogen-bond donors (Lipinski definition) is 2. The second kappa shape index (κ2) is 5.81. The van der Waals surface area contributed by atoms with E-state index in [0.29, 0.717) is 17.3 Å². The topological polar surface area (TPSA) is 57.5 Å². The molecule has 0 aromatic rings. The first kappa shape index (κ1) is 17.0. The third-order valence-corrected chi connectivity index (χ3v) is 9.18. The summed E-state index contributed by atoms with van der Waals surface area (Å²) in [6.45, 7) is 4.57. The predicted molar refractivity (Wildman–Crippen MR) is 93.3 cm³/mol. The molecule has 0 heterocycles. The standard InChI is InChI=1S/C21H34O3/c1-20-9-7-14(23)11-13(20)3-4-15-16-5-6-18(19(24)12-22)21(16,2)10-8-17(15)20/h13-18,22-23H,3-12H2,1-2H3/t13-,14?,15?,16?,17?,18+,20?,21?/m0/s1. The minimum atomic E-state index is -0.279. The van der Waals surface area contributed by atoms with E-state index in [2.05, 4.69) is 13.8 Å². The molecule has 0 spiro atoms. The summed E-state index contributed by atoms with van der Waals surface area (Å²) in [4.78, 5) is 12.3. The molecule has 8 atom stereocenters. The molecule has 0 amide bonds. The molecule has 0 aliphatic heterocycles. The summed E-state index contributed by atoms with van der Waals surface area (Å²) in [7, 11) is 0. The van der Waals surface area contributed by atoms with E-state index in [0.717, 1.165) is 37.5 Å². The van der Waals surface area contributed by atoms with Gasteiger partial charge in [0.2, 0.25) is 0 Å². The minimum Gasteiger partial charge on any atom is -0.393 e. The normalized spacial score (nSPS) is 53.8. The van der Waals surface area contributed by atoms with Gasteiger partial charge in [-0.05, 0) is 92.3 Å². The van der Waals surface area contributed by atoms with Gasteiger partial charge in [0.05, 0.1) is 6.10 Å². The highest BCUT2D eigenvalue weighted by Crippen LogP contribution is 2.67. The largest absolute Gasteiger partial charge is 0.393 e. The second-order valence-electron chi connectivity index (χ2n) is 9.88. The van der Waals surface area contributed by atoms with Gasteiger partial charge in [0.1, 0.15) is 6.61 Å². The maximum Gasteiger partial charge on any atom is 0.161 e. The first-order valence-electron chi connectivity index (χ1n) is 10.2. The molecule has 0 aromatic carbocycles. The monoisotopic (exact) mass is 334 g/mol. The van der Waals surface area contributed by atoms with E-state index in [4.69, 9.17) is 0 Å². The van der Waals surface area contributed by atoms with Crippen LogP contribution >= 0.6 is 0 Å². The molecule has 0 radical (unpaired) electrons. The molecular weight excluding hydrogens is 300 g/mol. The zero-order valence-corrected chi connectivity index (χ0v) is 15.3. The van der Waals surface area contributed by atoms with Gasteiger partial charge in [-0.3, -0.25) is 4.79 Å². The fourth-order valence-corrected chi connectivity index (χ4v) is 7.87. The molecule has 6 unspecified atom stereocenters. The molecule has 4 aliphatic rings. The van der Waals surface area contributed by atoms with E-state index in [1.54, 1.807) is 0 Å². The Kier molecular flexibility index (Phi) is 4.12. The third-order valence-electron chi connectivity index (χ3n) is 9.18. The molecule has 0 saturated heterocycles. The summed E-state index contributed by atoms with van der Waals surface area (Å²) < 4.78 is 0. The Balaban J connectivity index is 1.60. The van der Waals surface area contributed by atoms with Gasteiger partial charge >= 0.3 is 0 Å². The van der Waals surface area contributed by atoms with Gasteiger partial charge in [-0.1, -0.05) is 13.8 Å². The molecule has 4 rings (SSSR count). The van der Waals surface area contributed by atoms with E-state index in [9.17, 15) is 15.0 Å². The first-order chi connectivity index (χ1) is 11.4. The number of carbonyl (C=O) groups is 1. The molecule has 4 saturated carbocycles. The van der Waals surface area contributed by atoms with Crippen molar-refractivity contribution >= 4 is 5.78 Å². The van der Waals surface area contributed by atoms with E-state index in [-0.39, 0.29) is 29.8 Å². The molecule has 4 fully saturated rings. The van der Waals surface area contributed by atoms with Gasteiger partial charge in [0.15, 0.2) is 5.78 Å². The van der Waals surface area contributed by atoms with Gasteiger partial charge in [0.25, 0.3) is 0 Å². The van der Waals surface area contributed by atoms with Crippen LogP contribution in [0.4, 0.5) is 0 Å². The van der Waals surface area contributed by atoms with Crippen molar-refractivity contribution in [3.8, 4) is 0 Å². The maximum absolute atomic E-state index is 12.3. The van der Waals surface area contributed by atoms with Crippen molar-refractivity contribution in [2.75, 3.05) is 6.61 Å². The zero-order chi connectivity index (χ0) is 17.1. The summed E-state index contributed by atoms with van der Waals surface area (Å²) in [5.41, 5.74) is 0.529. The lowest BCUT2D eigenvalue weighted by Crippen LogP contribution is -2.54. The lowest BCUT2D eigenvalue weighted by Gasteiger charge is -2.60. The van der Waals surface area contributed by atoms with Crippen LogP contribution in [0.15, 0.2) is 0 Å². The average molecular weight is 335 g/mol. The minimum absolute atomic E-state index is 0.0773. The highest BCUT2D eigenvalue weighted by molar-refractivity contribution is 5.83. The van der Waals surface area contributed by atoms with Crippen LogP contribution in [0.5, 0.6) is 0 Å². The summed E-state index contributed by atoms with van der Waals surface area (Å²) in [6, 6.07) is 0. The molecule has 0 bridgehead atoms. The second-order valence-corrected chi connectivity index (χ2v) is 9.88. The van der Waals surface area contributed by atoms with Gasteiger partial charge in [-0.2, -0.15) is 0 Å². The van der Waals surface area contributed by atoms with Crippen molar-refractivity contribution in [1.29, 1.82) is 0 Å². The Bertz CT molecular complexity index is 517. The number of fused-ring (bicyclic) bond motifs is 5. The number of Topliss-reactive ketones (excluding diaryl/α,β-unsaturated/α-hetero) is 1. The lowest BCUT2D eigenvalue weighted by molar-refractivity contribution is -0.141. The Morgan fingerprint density at radius 3 is 2.42 bits per heavy atom. The predicted octanol–water partition coefficient (Wildman–Crippen LogP) is 3.57. The summed E-state index contributed by atoms with van der Waals surface area (Å²) in [5.74, 6) is 3.08. The van der Waals surface area contributed by atoms with Gasteiger partial charge in [0, 0.05) is 5.92 Å². The van der Waals surface area contributed by atoms with Crippen LogP contribution < -0.4 is 0 Å². The van der Waals surface area contributed by atoms with Gasteiger partial charge < -0.3 is 10.2 Å². The fraction of sp³-hybridized carbons (Fsp3) is 0.952. The highest BCUT2D eigenvalue weighted by Gasteiger charge is 2.60. The molecule has 136 valence electrons. The van der Waals surface area contributed by atoms with Crippen LogP contribution in [0.2, 0.25) is 0 Å². The van der Waals surface area contributed by atoms with Crippen molar-refractivity contribution in [2.24, 2.45) is 40.4 Å². The van der Waals surface area contributed by atoms with Crippen molar-refractivity contribution in [3.05, 3.63) is 0 Å². The molecule has 2 N–H and O–H groups in total. The van der Waals surface area contributed by atoms with Crippen LogP contribution in [0.1, 0.15) is 71.6 Å². The Hall–Kier alpha value is -0.410. The first-order valence-corrected chi connectivity index (χ1v) is 10.2. The van der Waals surface area contributed by atoms with Gasteiger partial charge in [-0.25, -0.2) is 0 Å². The van der Waals surface area contributed by atoms with E-state index in [1.165, 1.54) is 32.1 Å². The van der Waals surface area contributed by atoms with Crippen LogP contribution in [-0.4, -0.2) is 28.7 Å².